The number of hydrogen-bond acceptors (Lipinski definition) is 5. The van der Waals surface area contributed by atoms with Gasteiger partial charge >= 0.3 is 5.97 Å². The highest BCUT2D eigenvalue weighted by Crippen LogP contribution is 2.48. The van der Waals surface area contributed by atoms with Crippen LogP contribution in [0.5, 0.6) is 0 Å². The quantitative estimate of drug-likeness (QED) is 0.221. The number of carboxylic acid groups (broad SMARTS) is 1. The van der Waals surface area contributed by atoms with Crippen molar-refractivity contribution in [1.82, 2.24) is 4.98 Å². The minimum absolute atomic E-state index is 0.0687. The second-order valence-electron chi connectivity index (χ2n) is 9.14. The summed E-state index contributed by atoms with van der Waals surface area (Å²) in [6.45, 7) is 0.733. The number of benzene rings is 3. The minimum atomic E-state index is -1.79. The van der Waals surface area contributed by atoms with E-state index in [0.29, 0.717) is 14.9 Å². The summed E-state index contributed by atoms with van der Waals surface area (Å²) >= 11 is 12.0. The maximum Gasteiger partial charge on any atom is 0.336 e. The first kappa shape index (κ1) is 26.1. The predicted molar refractivity (Wildman–Crippen MR) is 148 cm³/mol. The lowest BCUT2D eigenvalue weighted by atomic mass is 9.96. The number of carbonyl (C=O) groups excluding carboxylic acids is 1. The Morgan fingerprint density at radius 2 is 1.71 bits per heavy atom. The molecule has 0 radical (unpaired) electrons. The Morgan fingerprint density at radius 1 is 0.947 bits per heavy atom. The zero-order valence-electron chi connectivity index (χ0n) is 20.0. The number of nitrogens with zero attached hydrogens (tertiary/aromatic N) is 1. The number of carboxylic acids is 1. The zero-order valence-corrected chi connectivity index (χ0v) is 22.3. The van der Waals surface area contributed by atoms with Gasteiger partial charge in [-0.15, -0.1) is 0 Å². The van der Waals surface area contributed by atoms with Gasteiger partial charge in [0.15, 0.2) is 0 Å². The molecular weight excluding hydrogens is 543 g/mol. The molecule has 0 amide bonds. The van der Waals surface area contributed by atoms with Crippen LogP contribution in [0.3, 0.4) is 0 Å². The molecule has 9 heteroatoms. The van der Waals surface area contributed by atoms with Gasteiger partial charge in [-0.2, -0.15) is 0 Å². The molecule has 0 spiro atoms. The van der Waals surface area contributed by atoms with Crippen molar-refractivity contribution < 1.29 is 18.9 Å². The van der Waals surface area contributed by atoms with Crippen molar-refractivity contribution >= 4 is 51.4 Å². The molecular formula is C29H22Cl2N2O4S. The minimum Gasteiger partial charge on any atom is -0.478 e. The molecule has 38 heavy (non-hydrogen) atoms. The van der Waals surface area contributed by atoms with Gasteiger partial charge in [-0.1, -0.05) is 41.4 Å². The molecule has 1 fully saturated rings. The van der Waals surface area contributed by atoms with E-state index in [1.807, 2.05) is 12.1 Å². The van der Waals surface area contributed by atoms with Crippen LogP contribution in [-0.4, -0.2) is 32.6 Å². The lowest BCUT2D eigenvalue weighted by Crippen LogP contribution is -2.19. The predicted octanol–water partition coefficient (Wildman–Crippen LogP) is 6.63. The molecule has 6 nitrogen and oxygen atoms in total. The van der Waals surface area contributed by atoms with Crippen LogP contribution in [0, 0.1) is 0 Å². The van der Waals surface area contributed by atoms with Crippen molar-refractivity contribution in [3.05, 3.63) is 117 Å². The first-order valence-electron chi connectivity index (χ1n) is 11.8. The maximum atomic E-state index is 13.1. The van der Waals surface area contributed by atoms with E-state index in [4.69, 9.17) is 23.2 Å². The molecule has 0 aliphatic heterocycles. The van der Waals surface area contributed by atoms with Gasteiger partial charge in [-0.05, 0) is 79.1 Å². The van der Waals surface area contributed by atoms with Gasteiger partial charge in [-0.25, -0.2) is 9.00 Å². The van der Waals surface area contributed by atoms with Crippen molar-refractivity contribution in [2.24, 2.45) is 0 Å². The lowest BCUT2D eigenvalue weighted by molar-refractivity contribution is 0.0693. The summed E-state index contributed by atoms with van der Waals surface area (Å²) < 4.78 is 13.0. The number of aromatic carboxylic acids is 1. The van der Waals surface area contributed by atoms with Crippen molar-refractivity contribution in [2.45, 2.75) is 28.0 Å². The zero-order chi connectivity index (χ0) is 26.9. The van der Waals surface area contributed by atoms with Crippen molar-refractivity contribution in [1.29, 1.82) is 0 Å². The number of carbonyl (C=O) groups is 2. The second-order valence-corrected chi connectivity index (χ2v) is 11.5. The maximum absolute atomic E-state index is 13.1. The number of hydrogen-bond donors (Lipinski definition) is 2. The Bertz CT molecular complexity index is 1550. The molecule has 3 aromatic carbocycles. The fourth-order valence-corrected chi connectivity index (χ4v) is 5.89. The Kier molecular flexibility index (Phi) is 7.34. The van der Waals surface area contributed by atoms with E-state index in [-0.39, 0.29) is 27.1 Å². The van der Waals surface area contributed by atoms with E-state index in [1.54, 1.807) is 36.5 Å². The number of nitrogens with one attached hydrogen (secondary N) is 1. The second kappa shape index (κ2) is 10.7. The van der Waals surface area contributed by atoms with E-state index >= 15 is 0 Å². The summed E-state index contributed by atoms with van der Waals surface area (Å²) in [7, 11) is -1.79. The van der Waals surface area contributed by atoms with Crippen LogP contribution in [0.15, 0.2) is 94.9 Å². The smallest absolute Gasteiger partial charge is 0.336 e. The molecule has 2 N–H and O–H groups in total. The molecule has 0 saturated heterocycles. The number of pyridine rings is 1. The molecule has 192 valence electrons. The van der Waals surface area contributed by atoms with Gasteiger partial charge in [0.2, 0.25) is 5.78 Å². The number of halogens is 2. The molecule has 4 aromatic rings. The average Bonchev–Trinajstić information content (AvgIpc) is 3.72. The molecule has 1 aliphatic rings. The normalized spacial score (nSPS) is 14.5. The molecule has 1 heterocycles. The molecule has 0 bridgehead atoms. The lowest BCUT2D eigenvalue weighted by Gasteiger charge is -2.17. The van der Waals surface area contributed by atoms with Crippen LogP contribution in [0.1, 0.15) is 44.8 Å². The van der Waals surface area contributed by atoms with Crippen molar-refractivity contribution in [3.63, 3.8) is 0 Å². The first-order valence-corrected chi connectivity index (χ1v) is 13.7. The molecule has 1 aliphatic carbocycles. The highest BCUT2D eigenvalue weighted by molar-refractivity contribution is 7.85. The van der Waals surface area contributed by atoms with E-state index in [9.17, 15) is 18.9 Å². The fourth-order valence-electron chi connectivity index (χ4n) is 4.28. The van der Waals surface area contributed by atoms with Crippen molar-refractivity contribution in [3.8, 4) is 0 Å². The largest absolute Gasteiger partial charge is 0.478 e. The van der Waals surface area contributed by atoms with Gasteiger partial charge in [0.25, 0.3) is 0 Å². The van der Waals surface area contributed by atoms with Gasteiger partial charge in [0.1, 0.15) is 5.69 Å². The highest BCUT2D eigenvalue weighted by atomic mass is 35.5. The SMILES string of the molecule is O=C(c1ccc(S(=O)c2cccc(Cl)c2)c(C(=O)O)c1)c1ccc(NCC2(c3ccc(Cl)cc3)CC2)cn1. The third kappa shape index (κ3) is 5.50. The standard InChI is InChI=1S/C29H22Cl2N2O4S/c30-20-7-5-19(6-8-20)29(12-13-29)17-33-22-9-10-25(32-16-22)27(34)18-4-11-26(24(14-18)28(35)36)38(37)23-3-1-2-21(31)15-23/h1-11,14-16,33H,12-13,17H2,(H,35,36). The number of rotatable bonds is 9. The fraction of sp³-hybridized carbons (Fsp3) is 0.138. The topological polar surface area (TPSA) is 96.4 Å². The molecule has 1 atom stereocenters. The molecule has 1 aromatic heterocycles. The van der Waals surface area contributed by atoms with Crippen LogP contribution in [-0.2, 0) is 16.2 Å². The van der Waals surface area contributed by atoms with Gasteiger partial charge in [0, 0.05) is 32.5 Å². The molecule has 1 unspecified atom stereocenters. The summed E-state index contributed by atoms with van der Waals surface area (Å²) in [4.78, 5) is 29.8. The van der Waals surface area contributed by atoms with Crippen LogP contribution < -0.4 is 5.32 Å². The van der Waals surface area contributed by atoms with Gasteiger partial charge < -0.3 is 10.4 Å². The molecule has 5 rings (SSSR count). The number of aromatic nitrogens is 1. The third-order valence-electron chi connectivity index (χ3n) is 6.62. The van der Waals surface area contributed by atoms with E-state index in [2.05, 4.69) is 22.4 Å². The Balaban J connectivity index is 1.31. The number of anilines is 1. The van der Waals surface area contributed by atoms with Crippen LogP contribution in [0.4, 0.5) is 5.69 Å². The summed E-state index contributed by atoms with van der Waals surface area (Å²) in [5.41, 5.74) is 2.18. The Hall–Kier alpha value is -3.52. The van der Waals surface area contributed by atoms with E-state index in [1.165, 1.54) is 29.8 Å². The highest BCUT2D eigenvalue weighted by Gasteiger charge is 2.43. The van der Waals surface area contributed by atoms with Crippen LogP contribution >= 0.6 is 23.2 Å². The van der Waals surface area contributed by atoms with Crippen LogP contribution in [0.25, 0.3) is 0 Å². The first-order chi connectivity index (χ1) is 18.3. The Labute approximate surface area is 232 Å². The summed E-state index contributed by atoms with van der Waals surface area (Å²) in [5, 5.41) is 14.3. The third-order valence-corrected chi connectivity index (χ3v) is 8.54. The number of ketones is 1. The summed E-state index contributed by atoms with van der Waals surface area (Å²) in [6.07, 6.45) is 3.75. The van der Waals surface area contributed by atoms with Crippen LogP contribution in [0.2, 0.25) is 10.0 Å². The van der Waals surface area contributed by atoms with E-state index in [0.717, 1.165) is 25.1 Å². The monoisotopic (exact) mass is 564 g/mol. The van der Waals surface area contributed by atoms with Gasteiger partial charge in [-0.3, -0.25) is 9.78 Å². The summed E-state index contributed by atoms with van der Waals surface area (Å²) in [6, 6.07) is 21.8. The molecule has 1 saturated carbocycles. The van der Waals surface area contributed by atoms with E-state index < -0.39 is 22.6 Å². The summed E-state index contributed by atoms with van der Waals surface area (Å²) in [5.74, 6) is -1.72. The van der Waals surface area contributed by atoms with Crippen molar-refractivity contribution in [2.75, 3.05) is 11.9 Å². The Morgan fingerprint density at radius 3 is 2.34 bits per heavy atom. The van der Waals surface area contributed by atoms with Gasteiger partial charge in [0.05, 0.1) is 33.1 Å². The average molecular weight is 565 g/mol.